The van der Waals surface area contributed by atoms with Crippen LogP contribution >= 0.6 is 0 Å². The molecule has 0 spiro atoms. The highest BCUT2D eigenvalue weighted by molar-refractivity contribution is 5.98. The lowest BCUT2D eigenvalue weighted by molar-refractivity contribution is -0.119. The Bertz CT molecular complexity index is 1310. The number of nitrogens with one attached hydrogen (secondary N) is 2. The minimum Gasteiger partial charge on any atom is -0.457 e. The molecule has 3 unspecified atom stereocenters. The summed E-state index contributed by atoms with van der Waals surface area (Å²) in [7, 11) is 0. The van der Waals surface area contributed by atoms with Crippen molar-refractivity contribution in [3.8, 4) is 17.6 Å². The summed E-state index contributed by atoms with van der Waals surface area (Å²) in [5.41, 5.74) is 0.580. The van der Waals surface area contributed by atoms with Gasteiger partial charge >= 0.3 is 0 Å². The van der Waals surface area contributed by atoms with Crippen LogP contribution in [0.4, 0.5) is 11.8 Å². The number of nitriles is 1. The summed E-state index contributed by atoms with van der Waals surface area (Å²) < 4.78 is 5.94. The lowest BCUT2D eigenvalue weighted by atomic mass is 9.79. The zero-order chi connectivity index (χ0) is 23.7. The standard InChI is InChI=1S/C26H25N5O3/c1-16-8-5-6-13-31(16)26-29-23-22(25(33)30-26)21(20(15-27)24(32)28-23)17-9-7-12-19(14-17)34-18-10-3-2-4-11-18/h2-4,7,9-12,14,16,20-21H,5-6,8,13H2,1H3,(H2,28,29,30,32,33). The summed E-state index contributed by atoms with van der Waals surface area (Å²) >= 11 is 0. The molecule has 1 amide bonds. The number of para-hydroxylation sites is 1. The molecule has 34 heavy (non-hydrogen) atoms. The molecule has 8 nitrogen and oxygen atoms in total. The fraction of sp³-hybridized carbons (Fsp3) is 0.308. The van der Waals surface area contributed by atoms with Gasteiger partial charge in [-0.2, -0.15) is 10.2 Å². The molecular formula is C26H25N5O3. The second kappa shape index (κ2) is 9.02. The van der Waals surface area contributed by atoms with Gasteiger partial charge in [-0.3, -0.25) is 14.6 Å². The van der Waals surface area contributed by atoms with Gasteiger partial charge in [-0.1, -0.05) is 30.3 Å². The molecule has 2 aliphatic heterocycles. The number of aromatic amines is 1. The van der Waals surface area contributed by atoms with Gasteiger partial charge in [0.15, 0.2) is 0 Å². The molecule has 2 N–H and O–H groups in total. The Kier molecular flexibility index (Phi) is 5.76. The molecule has 2 aliphatic rings. The van der Waals surface area contributed by atoms with E-state index in [0.29, 0.717) is 23.0 Å². The van der Waals surface area contributed by atoms with Crippen molar-refractivity contribution in [1.29, 1.82) is 5.26 Å². The SMILES string of the molecule is CC1CCCCN1c1nc2c(c(=O)[nH]1)C(c1cccc(Oc3ccccc3)c1)C(C#N)C(=O)N2. The molecule has 0 radical (unpaired) electrons. The van der Waals surface area contributed by atoms with Crippen LogP contribution in [-0.4, -0.2) is 28.5 Å². The van der Waals surface area contributed by atoms with E-state index in [-0.39, 0.29) is 23.0 Å². The lowest BCUT2D eigenvalue weighted by Gasteiger charge is -2.35. The second-order valence-corrected chi connectivity index (χ2v) is 8.75. The van der Waals surface area contributed by atoms with Crippen molar-refractivity contribution in [3.05, 3.63) is 76.1 Å². The fourth-order valence-electron chi connectivity index (χ4n) is 4.80. The summed E-state index contributed by atoms with van der Waals surface area (Å²) in [6, 6.07) is 18.8. The van der Waals surface area contributed by atoms with Crippen LogP contribution in [0.25, 0.3) is 0 Å². The van der Waals surface area contributed by atoms with Crippen LogP contribution in [-0.2, 0) is 4.79 Å². The number of hydrogen-bond acceptors (Lipinski definition) is 6. The van der Waals surface area contributed by atoms with Gasteiger partial charge in [0.05, 0.1) is 11.6 Å². The third-order valence-corrected chi connectivity index (χ3v) is 6.52. The maximum absolute atomic E-state index is 13.3. The maximum atomic E-state index is 13.3. The fourth-order valence-corrected chi connectivity index (χ4v) is 4.80. The van der Waals surface area contributed by atoms with E-state index < -0.39 is 17.7 Å². The minimum absolute atomic E-state index is 0.215. The van der Waals surface area contributed by atoms with Crippen LogP contribution in [0.15, 0.2) is 59.4 Å². The lowest BCUT2D eigenvalue weighted by Crippen LogP contribution is -2.42. The Morgan fingerprint density at radius 3 is 2.65 bits per heavy atom. The van der Waals surface area contributed by atoms with Gasteiger partial charge in [0, 0.05) is 18.5 Å². The first-order valence-electron chi connectivity index (χ1n) is 11.5. The van der Waals surface area contributed by atoms with E-state index in [1.54, 1.807) is 24.3 Å². The molecule has 0 bridgehead atoms. The average Bonchev–Trinajstić information content (AvgIpc) is 2.84. The van der Waals surface area contributed by atoms with E-state index in [4.69, 9.17) is 4.74 Å². The van der Waals surface area contributed by atoms with Crippen molar-refractivity contribution >= 4 is 17.7 Å². The predicted molar refractivity (Wildman–Crippen MR) is 128 cm³/mol. The molecule has 1 aromatic heterocycles. The highest BCUT2D eigenvalue weighted by Gasteiger charge is 2.40. The number of benzene rings is 2. The minimum atomic E-state index is -1.07. The van der Waals surface area contributed by atoms with E-state index in [0.717, 1.165) is 25.8 Å². The number of carbonyl (C=O) groups excluding carboxylic acids is 1. The maximum Gasteiger partial charge on any atom is 0.258 e. The summed E-state index contributed by atoms with van der Waals surface area (Å²) in [5.74, 6) is -0.419. The van der Waals surface area contributed by atoms with Crippen molar-refractivity contribution in [1.82, 2.24) is 9.97 Å². The molecule has 172 valence electrons. The van der Waals surface area contributed by atoms with Crippen LogP contribution in [0.1, 0.15) is 43.2 Å². The van der Waals surface area contributed by atoms with Crippen molar-refractivity contribution in [2.45, 2.75) is 38.1 Å². The first-order valence-corrected chi connectivity index (χ1v) is 11.5. The van der Waals surface area contributed by atoms with Crippen molar-refractivity contribution in [2.75, 3.05) is 16.8 Å². The van der Waals surface area contributed by atoms with Gasteiger partial charge in [-0.25, -0.2) is 0 Å². The van der Waals surface area contributed by atoms with Crippen molar-refractivity contribution < 1.29 is 9.53 Å². The Hall–Kier alpha value is -4.12. The Morgan fingerprint density at radius 2 is 1.88 bits per heavy atom. The van der Waals surface area contributed by atoms with E-state index in [1.807, 2.05) is 30.3 Å². The van der Waals surface area contributed by atoms with Crippen LogP contribution in [0, 0.1) is 17.2 Å². The number of nitrogens with zero attached hydrogens (tertiary/aromatic N) is 3. The van der Waals surface area contributed by atoms with Gasteiger partial charge in [0.2, 0.25) is 11.9 Å². The molecule has 8 heteroatoms. The monoisotopic (exact) mass is 455 g/mol. The smallest absolute Gasteiger partial charge is 0.258 e. The Morgan fingerprint density at radius 1 is 1.09 bits per heavy atom. The number of rotatable bonds is 4. The molecule has 3 atom stereocenters. The molecule has 1 fully saturated rings. The summed E-state index contributed by atoms with van der Waals surface area (Å²) in [6.45, 7) is 2.89. The number of anilines is 2. The number of carbonyl (C=O) groups is 1. The van der Waals surface area contributed by atoms with Crippen LogP contribution in [0.3, 0.4) is 0 Å². The Balaban J connectivity index is 1.57. The normalized spacial score (nSPS) is 21.8. The molecular weight excluding hydrogens is 430 g/mol. The molecule has 3 aromatic rings. The summed E-state index contributed by atoms with van der Waals surface area (Å²) in [6.07, 6.45) is 3.17. The molecule has 5 rings (SSSR count). The summed E-state index contributed by atoms with van der Waals surface area (Å²) in [4.78, 5) is 35.8. The molecule has 3 heterocycles. The number of fused-ring (bicyclic) bond motifs is 1. The molecule has 0 aliphatic carbocycles. The number of hydrogen-bond donors (Lipinski definition) is 2. The third-order valence-electron chi connectivity index (χ3n) is 6.52. The number of H-pyrrole nitrogens is 1. The van der Waals surface area contributed by atoms with E-state index in [2.05, 4.69) is 33.2 Å². The van der Waals surface area contributed by atoms with Gasteiger partial charge in [-0.05, 0) is 56.0 Å². The zero-order valence-electron chi connectivity index (χ0n) is 18.8. The number of aromatic nitrogens is 2. The predicted octanol–water partition coefficient (Wildman–Crippen LogP) is 4.16. The van der Waals surface area contributed by atoms with Gasteiger partial charge < -0.3 is 15.0 Å². The van der Waals surface area contributed by atoms with E-state index in [9.17, 15) is 14.9 Å². The highest BCUT2D eigenvalue weighted by atomic mass is 16.5. The first kappa shape index (κ1) is 21.7. The van der Waals surface area contributed by atoms with Gasteiger partial charge in [-0.15, -0.1) is 0 Å². The first-order chi connectivity index (χ1) is 16.5. The van der Waals surface area contributed by atoms with Crippen LogP contribution in [0.5, 0.6) is 11.5 Å². The van der Waals surface area contributed by atoms with Crippen LogP contribution in [0.2, 0.25) is 0 Å². The van der Waals surface area contributed by atoms with E-state index in [1.165, 1.54) is 0 Å². The van der Waals surface area contributed by atoms with Gasteiger partial charge in [0.25, 0.3) is 5.56 Å². The Labute approximate surface area is 197 Å². The van der Waals surface area contributed by atoms with Crippen LogP contribution < -0.4 is 20.5 Å². The van der Waals surface area contributed by atoms with Gasteiger partial charge in [0.1, 0.15) is 23.2 Å². The third kappa shape index (κ3) is 4.01. The second-order valence-electron chi connectivity index (χ2n) is 8.75. The topological polar surface area (TPSA) is 111 Å². The molecule has 2 aromatic carbocycles. The largest absolute Gasteiger partial charge is 0.457 e. The number of amides is 1. The molecule has 0 saturated carbocycles. The van der Waals surface area contributed by atoms with E-state index >= 15 is 0 Å². The quantitative estimate of drug-likeness (QED) is 0.611. The number of ether oxygens (including phenoxy) is 1. The zero-order valence-corrected chi connectivity index (χ0v) is 18.8. The van der Waals surface area contributed by atoms with Crippen molar-refractivity contribution in [3.63, 3.8) is 0 Å². The highest BCUT2D eigenvalue weighted by Crippen LogP contribution is 2.39. The van der Waals surface area contributed by atoms with Crippen molar-refractivity contribution in [2.24, 2.45) is 5.92 Å². The average molecular weight is 456 g/mol. The number of piperidine rings is 1. The molecule has 1 saturated heterocycles. The summed E-state index contributed by atoms with van der Waals surface area (Å²) in [5, 5.41) is 12.5.